The Morgan fingerprint density at radius 1 is 1.14 bits per heavy atom. The van der Waals surface area contributed by atoms with E-state index in [2.05, 4.69) is 5.32 Å². The van der Waals surface area contributed by atoms with E-state index in [1.807, 2.05) is 32.0 Å². The first-order chi connectivity index (χ1) is 9.97. The molecule has 1 aromatic carbocycles. The third-order valence-electron chi connectivity index (χ3n) is 3.17. The van der Waals surface area contributed by atoms with Crippen molar-refractivity contribution in [3.05, 3.63) is 59.4 Å². The maximum atomic E-state index is 12.1. The predicted octanol–water partition coefficient (Wildman–Crippen LogP) is 0.593. The molecule has 21 heavy (non-hydrogen) atoms. The lowest BCUT2D eigenvalue weighted by atomic mass is 10.1. The number of carbonyl (C=O) groups excluding carboxylic acids is 2. The minimum Gasteiger partial charge on any atom is -0.545 e. The normalized spacial score (nSPS) is 10.2. The fraction of sp³-hybridized carbons (Fsp3) is 0.188. The van der Waals surface area contributed by atoms with Gasteiger partial charge < -0.3 is 15.2 Å². The molecule has 0 saturated heterocycles. The summed E-state index contributed by atoms with van der Waals surface area (Å²) in [5.41, 5.74) is 2.80. The molecule has 0 saturated carbocycles. The van der Waals surface area contributed by atoms with Crippen molar-refractivity contribution in [2.75, 3.05) is 5.32 Å². The first-order valence-electron chi connectivity index (χ1n) is 6.54. The minimum absolute atomic E-state index is 0.0366. The second kappa shape index (κ2) is 6.17. The van der Waals surface area contributed by atoms with Crippen LogP contribution in [0.15, 0.2) is 42.7 Å². The molecular formula is C16H16N2O3. The van der Waals surface area contributed by atoms with Crippen molar-refractivity contribution in [1.82, 2.24) is 0 Å². The molecule has 108 valence electrons. The molecule has 0 aliphatic rings. The van der Waals surface area contributed by atoms with Crippen molar-refractivity contribution in [3.8, 4) is 0 Å². The molecule has 0 bridgehead atoms. The molecular weight excluding hydrogens is 268 g/mol. The van der Waals surface area contributed by atoms with E-state index in [4.69, 9.17) is 0 Å². The third-order valence-corrected chi connectivity index (χ3v) is 3.17. The van der Waals surface area contributed by atoms with E-state index in [1.54, 1.807) is 12.3 Å². The summed E-state index contributed by atoms with van der Waals surface area (Å²) in [6, 6.07) is 8.77. The zero-order chi connectivity index (χ0) is 15.4. The Bertz CT molecular complexity index is 675. The molecule has 1 N–H and O–H groups in total. The van der Waals surface area contributed by atoms with Crippen LogP contribution in [0.5, 0.6) is 0 Å². The van der Waals surface area contributed by atoms with Crippen LogP contribution in [0.2, 0.25) is 0 Å². The number of aromatic carboxylic acids is 1. The van der Waals surface area contributed by atoms with Gasteiger partial charge in [-0.25, -0.2) is 0 Å². The van der Waals surface area contributed by atoms with Crippen LogP contribution in [0, 0.1) is 13.8 Å². The Morgan fingerprint density at radius 3 is 2.43 bits per heavy atom. The molecule has 1 heterocycles. The summed E-state index contributed by atoms with van der Waals surface area (Å²) in [6.07, 6.45) is 3.01. The van der Waals surface area contributed by atoms with Crippen LogP contribution >= 0.6 is 0 Å². The van der Waals surface area contributed by atoms with Crippen LogP contribution in [-0.2, 0) is 11.3 Å². The van der Waals surface area contributed by atoms with Gasteiger partial charge in [0.05, 0.1) is 11.5 Å². The molecule has 0 atom stereocenters. The lowest BCUT2D eigenvalue weighted by Gasteiger charge is -2.10. The summed E-state index contributed by atoms with van der Waals surface area (Å²) in [6.45, 7) is 3.88. The number of benzene rings is 1. The maximum absolute atomic E-state index is 12.1. The van der Waals surface area contributed by atoms with Gasteiger partial charge >= 0.3 is 0 Å². The highest BCUT2D eigenvalue weighted by Gasteiger charge is 2.12. The molecule has 0 spiro atoms. The second-order valence-electron chi connectivity index (χ2n) is 4.87. The van der Waals surface area contributed by atoms with Crippen molar-refractivity contribution in [2.45, 2.75) is 20.4 Å². The van der Waals surface area contributed by atoms with E-state index in [9.17, 15) is 14.7 Å². The molecule has 1 aromatic heterocycles. The topological polar surface area (TPSA) is 73.1 Å². The summed E-state index contributed by atoms with van der Waals surface area (Å²) in [5, 5.41) is 13.6. The van der Waals surface area contributed by atoms with Gasteiger partial charge in [0.2, 0.25) is 6.54 Å². The molecule has 2 aromatic rings. The number of nitrogens with zero attached hydrogens (tertiary/aromatic N) is 1. The molecule has 0 radical (unpaired) electrons. The fourth-order valence-corrected chi connectivity index (χ4v) is 2.10. The third kappa shape index (κ3) is 3.66. The highest BCUT2D eigenvalue weighted by molar-refractivity contribution is 5.91. The number of para-hydroxylation sites is 1. The van der Waals surface area contributed by atoms with E-state index in [1.165, 1.54) is 16.8 Å². The zero-order valence-electron chi connectivity index (χ0n) is 11.9. The van der Waals surface area contributed by atoms with Crippen molar-refractivity contribution in [3.63, 3.8) is 0 Å². The first kappa shape index (κ1) is 14.7. The van der Waals surface area contributed by atoms with Crippen molar-refractivity contribution < 1.29 is 19.3 Å². The van der Waals surface area contributed by atoms with Crippen molar-refractivity contribution in [2.24, 2.45) is 0 Å². The largest absolute Gasteiger partial charge is 0.545 e. The SMILES string of the molecule is Cc1cccc(C)c1NC(=O)C[n+]1cccc(C(=O)[O-])c1. The number of anilines is 1. The summed E-state index contributed by atoms with van der Waals surface area (Å²) >= 11 is 0. The van der Waals surface area contributed by atoms with Gasteiger partial charge in [0, 0.05) is 11.8 Å². The van der Waals surface area contributed by atoms with Gasteiger partial charge in [0.1, 0.15) is 0 Å². The van der Waals surface area contributed by atoms with E-state index in [0.29, 0.717) is 0 Å². The number of pyridine rings is 1. The Kier molecular flexibility index (Phi) is 4.33. The van der Waals surface area contributed by atoms with Gasteiger partial charge in [-0.05, 0) is 31.0 Å². The predicted molar refractivity (Wildman–Crippen MR) is 75.5 cm³/mol. The Labute approximate surface area is 122 Å². The minimum atomic E-state index is -1.26. The standard InChI is InChI=1S/C16H16N2O3/c1-11-5-3-6-12(2)15(11)17-14(19)10-18-8-4-7-13(9-18)16(20)21/h3-9H,10H2,1-2H3,(H-,17,19,20,21). The van der Waals surface area contributed by atoms with E-state index < -0.39 is 5.97 Å². The highest BCUT2D eigenvalue weighted by Crippen LogP contribution is 2.19. The Morgan fingerprint density at radius 2 is 1.81 bits per heavy atom. The number of carboxylic acid groups (broad SMARTS) is 1. The molecule has 0 aliphatic carbocycles. The number of nitrogens with one attached hydrogen (secondary N) is 1. The lowest BCUT2D eigenvalue weighted by Crippen LogP contribution is -2.41. The van der Waals surface area contributed by atoms with Crippen LogP contribution in [0.25, 0.3) is 0 Å². The van der Waals surface area contributed by atoms with E-state index in [0.717, 1.165) is 16.8 Å². The van der Waals surface area contributed by atoms with Gasteiger partial charge in [0.25, 0.3) is 5.91 Å². The molecule has 2 rings (SSSR count). The number of hydrogen-bond donors (Lipinski definition) is 1. The first-order valence-corrected chi connectivity index (χ1v) is 6.54. The quantitative estimate of drug-likeness (QED) is 0.835. The van der Waals surface area contributed by atoms with Crippen LogP contribution in [-0.4, -0.2) is 11.9 Å². The monoisotopic (exact) mass is 284 g/mol. The van der Waals surface area contributed by atoms with Gasteiger partial charge in [-0.15, -0.1) is 0 Å². The Balaban J connectivity index is 2.12. The molecule has 0 fully saturated rings. The number of carboxylic acids is 1. The smallest absolute Gasteiger partial charge is 0.290 e. The fourth-order valence-electron chi connectivity index (χ4n) is 2.10. The summed E-state index contributed by atoms with van der Waals surface area (Å²) in [4.78, 5) is 22.9. The molecule has 0 unspecified atom stereocenters. The average molecular weight is 284 g/mol. The lowest BCUT2D eigenvalue weighted by molar-refractivity contribution is -0.684. The molecule has 0 aliphatic heterocycles. The molecule has 1 amide bonds. The molecule has 5 heteroatoms. The summed E-state index contributed by atoms with van der Waals surface area (Å²) < 4.78 is 1.51. The number of amides is 1. The van der Waals surface area contributed by atoms with Crippen LogP contribution in [0.1, 0.15) is 21.5 Å². The summed E-state index contributed by atoms with van der Waals surface area (Å²) in [7, 11) is 0. The van der Waals surface area contributed by atoms with Crippen LogP contribution < -0.4 is 15.0 Å². The van der Waals surface area contributed by atoms with E-state index in [-0.39, 0.29) is 18.0 Å². The van der Waals surface area contributed by atoms with Gasteiger partial charge in [0.15, 0.2) is 12.4 Å². The number of aryl methyl sites for hydroxylation is 2. The van der Waals surface area contributed by atoms with Crippen LogP contribution in [0.3, 0.4) is 0 Å². The van der Waals surface area contributed by atoms with Gasteiger partial charge in [-0.1, -0.05) is 18.2 Å². The van der Waals surface area contributed by atoms with Crippen molar-refractivity contribution in [1.29, 1.82) is 0 Å². The zero-order valence-corrected chi connectivity index (χ0v) is 11.9. The molecule has 5 nitrogen and oxygen atoms in total. The second-order valence-corrected chi connectivity index (χ2v) is 4.87. The summed E-state index contributed by atoms with van der Waals surface area (Å²) in [5.74, 6) is -1.48. The van der Waals surface area contributed by atoms with E-state index >= 15 is 0 Å². The number of rotatable bonds is 4. The average Bonchev–Trinajstić information content (AvgIpc) is 2.43. The number of aromatic nitrogens is 1. The number of hydrogen-bond acceptors (Lipinski definition) is 3. The van der Waals surface area contributed by atoms with Gasteiger partial charge in [-0.3, -0.25) is 4.79 Å². The highest BCUT2D eigenvalue weighted by atomic mass is 16.4. The number of carbonyl (C=O) groups is 2. The van der Waals surface area contributed by atoms with Crippen LogP contribution in [0.4, 0.5) is 5.69 Å². The van der Waals surface area contributed by atoms with Gasteiger partial charge in [-0.2, -0.15) is 4.57 Å². The Hall–Kier alpha value is -2.69. The maximum Gasteiger partial charge on any atom is 0.290 e. The van der Waals surface area contributed by atoms with Crippen molar-refractivity contribution >= 4 is 17.6 Å².